The molecule has 0 saturated carbocycles. The van der Waals surface area contributed by atoms with Crippen LogP contribution in [0.15, 0.2) is 23.1 Å². The standard InChI is InChI=1S/C12H17ClN2O2S.ClH/c1-10-3-4-11(13)9-12(10)18(16,17)15-7-2-5-14-6-8-15;/h3-4,9,14H,2,5-8H2,1H3;1H. The van der Waals surface area contributed by atoms with Crippen LogP contribution in [0.2, 0.25) is 5.02 Å². The zero-order chi connectivity index (χ0) is 13.2. The molecule has 1 aromatic carbocycles. The van der Waals surface area contributed by atoms with Gasteiger partial charge in [0.2, 0.25) is 10.0 Å². The average Bonchev–Trinajstić information content (AvgIpc) is 2.61. The topological polar surface area (TPSA) is 49.4 Å². The van der Waals surface area contributed by atoms with Gasteiger partial charge in [-0.05, 0) is 37.6 Å². The van der Waals surface area contributed by atoms with E-state index in [0.29, 0.717) is 29.6 Å². The summed E-state index contributed by atoms with van der Waals surface area (Å²) >= 11 is 5.90. The van der Waals surface area contributed by atoms with Gasteiger partial charge in [0.25, 0.3) is 0 Å². The van der Waals surface area contributed by atoms with Crippen LogP contribution in [-0.4, -0.2) is 38.9 Å². The van der Waals surface area contributed by atoms with Crippen molar-refractivity contribution in [1.82, 2.24) is 9.62 Å². The van der Waals surface area contributed by atoms with Crippen molar-refractivity contribution in [3.8, 4) is 0 Å². The summed E-state index contributed by atoms with van der Waals surface area (Å²) in [4.78, 5) is 0.317. The third-order valence-electron chi connectivity index (χ3n) is 3.07. The summed E-state index contributed by atoms with van der Waals surface area (Å²) in [6.07, 6.45) is 0.832. The summed E-state index contributed by atoms with van der Waals surface area (Å²) in [5.74, 6) is 0. The zero-order valence-corrected chi connectivity index (χ0v) is 13.1. The van der Waals surface area contributed by atoms with E-state index in [4.69, 9.17) is 11.6 Å². The van der Waals surface area contributed by atoms with Crippen LogP contribution >= 0.6 is 24.0 Å². The highest BCUT2D eigenvalue weighted by Crippen LogP contribution is 2.23. The lowest BCUT2D eigenvalue weighted by atomic mass is 10.2. The van der Waals surface area contributed by atoms with Crippen LogP contribution in [0.25, 0.3) is 0 Å². The maximum Gasteiger partial charge on any atom is 0.243 e. The van der Waals surface area contributed by atoms with Crippen molar-refractivity contribution in [3.63, 3.8) is 0 Å². The molecule has 4 nitrogen and oxygen atoms in total. The van der Waals surface area contributed by atoms with Crippen LogP contribution in [-0.2, 0) is 10.0 Å². The Morgan fingerprint density at radius 3 is 2.74 bits per heavy atom. The van der Waals surface area contributed by atoms with Gasteiger partial charge in [0.1, 0.15) is 0 Å². The summed E-state index contributed by atoms with van der Waals surface area (Å²) in [6, 6.07) is 4.98. The molecule has 0 amide bonds. The van der Waals surface area contributed by atoms with Crippen LogP contribution in [0.4, 0.5) is 0 Å². The van der Waals surface area contributed by atoms with Gasteiger partial charge >= 0.3 is 0 Å². The fourth-order valence-electron chi connectivity index (χ4n) is 2.05. The zero-order valence-electron chi connectivity index (χ0n) is 10.7. The minimum atomic E-state index is -3.43. The number of hydrogen-bond acceptors (Lipinski definition) is 3. The largest absolute Gasteiger partial charge is 0.315 e. The molecule has 0 aromatic heterocycles. The van der Waals surface area contributed by atoms with Crippen LogP contribution in [0.1, 0.15) is 12.0 Å². The summed E-state index contributed by atoms with van der Waals surface area (Å²) in [7, 11) is -3.43. The summed E-state index contributed by atoms with van der Waals surface area (Å²) in [6.45, 7) is 4.41. The van der Waals surface area contributed by atoms with Gasteiger partial charge in [-0.15, -0.1) is 12.4 Å². The van der Waals surface area contributed by atoms with E-state index in [9.17, 15) is 8.42 Å². The first-order valence-electron chi connectivity index (χ1n) is 5.99. The molecule has 0 aliphatic carbocycles. The molecule has 1 aromatic rings. The number of rotatable bonds is 2. The third-order valence-corrected chi connectivity index (χ3v) is 5.34. The van der Waals surface area contributed by atoms with Gasteiger partial charge < -0.3 is 5.32 Å². The van der Waals surface area contributed by atoms with Gasteiger partial charge in [-0.1, -0.05) is 17.7 Å². The predicted octanol–water partition coefficient (Wildman–Crippen LogP) is 2.05. The lowest BCUT2D eigenvalue weighted by Crippen LogP contribution is -2.34. The molecule has 108 valence electrons. The maximum atomic E-state index is 12.6. The molecule has 0 atom stereocenters. The molecule has 0 spiro atoms. The number of nitrogens with one attached hydrogen (secondary N) is 1. The van der Waals surface area contributed by atoms with E-state index >= 15 is 0 Å². The molecule has 0 bridgehead atoms. The van der Waals surface area contributed by atoms with Crippen molar-refractivity contribution >= 4 is 34.0 Å². The molecule has 1 fully saturated rings. The highest BCUT2D eigenvalue weighted by atomic mass is 35.5. The Balaban J connectivity index is 0.00000180. The summed E-state index contributed by atoms with van der Waals surface area (Å²) in [5, 5.41) is 3.65. The minimum Gasteiger partial charge on any atom is -0.315 e. The van der Waals surface area contributed by atoms with Gasteiger partial charge in [0.15, 0.2) is 0 Å². The van der Waals surface area contributed by atoms with Crippen molar-refractivity contribution in [2.45, 2.75) is 18.2 Å². The summed E-state index contributed by atoms with van der Waals surface area (Å²) < 4.78 is 26.6. The third kappa shape index (κ3) is 3.83. The predicted molar refractivity (Wildman–Crippen MR) is 79.7 cm³/mol. The highest BCUT2D eigenvalue weighted by molar-refractivity contribution is 7.89. The fourth-order valence-corrected chi connectivity index (χ4v) is 4.02. The van der Waals surface area contributed by atoms with Crippen LogP contribution in [0, 0.1) is 6.92 Å². The Kier molecular flexibility index (Phi) is 6.08. The van der Waals surface area contributed by atoms with Crippen molar-refractivity contribution < 1.29 is 8.42 Å². The molecule has 1 aliphatic rings. The number of nitrogens with zero attached hydrogens (tertiary/aromatic N) is 1. The monoisotopic (exact) mass is 324 g/mol. The second-order valence-corrected chi connectivity index (χ2v) is 6.76. The van der Waals surface area contributed by atoms with Crippen LogP contribution < -0.4 is 5.32 Å². The maximum absolute atomic E-state index is 12.6. The van der Waals surface area contributed by atoms with E-state index in [1.54, 1.807) is 19.1 Å². The summed E-state index contributed by atoms with van der Waals surface area (Å²) in [5.41, 5.74) is 0.733. The molecule has 1 saturated heterocycles. The van der Waals surface area contributed by atoms with Crippen molar-refractivity contribution in [1.29, 1.82) is 0 Å². The number of hydrogen-bond donors (Lipinski definition) is 1. The average molecular weight is 325 g/mol. The first-order valence-corrected chi connectivity index (χ1v) is 7.80. The number of aryl methyl sites for hydroxylation is 1. The van der Waals surface area contributed by atoms with Gasteiger partial charge in [0, 0.05) is 24.7 Å². The Hall–Kier alpha value is -0.330. The van der Waals surface area contributed by atoms with Crippen LogP contribution in [0.3, 0.4) is 0 Å². The second kappa shape index (κ2) is 6.90. The quantitative estimate of drug-likeness (QED) is 0.905. The molecule has 2 rings (SSSR count). The fraction of sp³-hybridized carbons (Fsp3) is 0.500. The Morgan fingerprint density at radius 2 is 2.00 bits per heavy atom. The molecule has 1 heterocycles. The first-order chi connectivity index (χ1) is 8.51. The van der Waals surface area contributed by atoms with Gasteiger partial charge in [-0.2, -0.15) is 4.31 Å². The molecule has 19 heavy (non-hydrogen) atoms. The second-order valence-electron chi connectivity index (χ2n) is 4.42. The molecule has 7 heteroatoms. The Labute approximate surface area is 125 Å². The highest BCUT2D eigenvalue weighted by Gasteiger charge is 2.26. The van der Waals surface area contributed by atoms with Gasteiger partial charge in [0.05, 0.1) is 4.90 Å². The Morgan fingerprint density at radius 1 is 1.26 bits per heavy atom. The normalized spacial score (nSPS) is 17.6. The number of sulfonamides is 1. The molecule has 1 aliphatic heterocycles. The van der Waals surface area contributed by atoms with Gasteiger partial charge in [-0.25, -0.2) is 8.42 Å². The smallest absolute Gasteiger partial charge is 0.243 e. The van der Waals surface area contributed by atoms with Crippen LogP contribution in [0.5, 0.6) is 0 Å². The Bertz CT molecular complexity index is 527. The van der Waals surface area contributed by atoms with E-state index < -0.39 is 10.0 Å². The van der Waals surface area contributed by atoms with E-state index in [1.165, 1.54) is 10.4 Å². The lowest BCUT2D eigenvalue weighted by Gasteiger charge is -2.20. The SMILES string of the molecule is Cc1ccc(Cl)cc1S(=O)(=O)N1CCCNCC1.Cl. The van der Waals surface area contributed by atoms with E-state index in [0.717, 1.165) is 18.5 Å². The molecule has 0 radical (unpaired) electrons. The molecule has 0 unspecified atom stereocenters. The minimum absolute atomic E-state index is 0. The first kappa shape index (κ1) is 16.7. The molecule has 1 N–H and O–H groups in total. The van der Waals surface area contributed by atoms with E-state index in [-0.39, 0.29) is 12.4 Å². The van der Waals surface area contributed by atoms with Crippen molar-refractivity contribution in [3.05, 3.63) is 28.8 Å². The van der Waals surface area contributed by atoms with E-state index in [1.807, 2.05) is 0 Å². The number of benzene rings is 1. The van der Waals surface area contributed by atoms with Gasteiger partial charge in [-0.3, -0.25) is 0 Å². The van der Waals surface area contributed by atoms with Crippen molar-refractivity contribution in [2.75, 3.05) is 26.2 Å². The lowest BCUT2D eigenvalue weighted by molar-refractivity contribution is 0.431. The van der Waals surface area contributed by atoms with Crippen molar-refractivity contribution in [2.24, 2.45) is 0 Å². The number of halogens is 2. The van der Waals surface area contributed by atoms with E-state index in [2.05, 4.69) is 5.32 Å². The molecular formula is C12H18Cl2N2O2S. The molecular weight excluding hydrogens is 307 g/mol.